The Bertz CT molecular complexity index is 1100. The van der Waals surface area contributed by atoms with Gasteiger partial charge in [0.15, 0.2) is 5.69 Å². The molecule has 27 heavy (non-hydrogen) atoms. The van der Waals surface area contributed by atoms with Gasteiger partial charge in [-0.15, -0.1) is 16.4 Å². The van der Waals surface area contributed by atoms with Crippen LogP contribution >= 0.6 is 11.3 Å². The van der Waals surface area contributed by atoms with Crippen molar-refractivity contribution < 1.29 is 9.26 Å². The van der Waals surface area contributed by atoms with Crippen LogP contribution in [0.4, 0.5) is 0 Å². The van der Waals surface area contributed by atoms with Crippen molar-refractivity contribution in [3.05, 3.63) is 58.1 Å². The normalized spacial score (nSPS) is 16.4. The zero-order chi connectivity index (χ0) is 18.4. The smallest absolute Gasteiger partial charge is 0.268 e. The lowest BCUT2D eigenvalue weighted by atomic mass is 10.1. The predicted octanol–water partition coefficient (Wildman–Crippen LogP) is 3.94. The Morgan fingerprint density at radius 1 is 1.15 bits per heavy atom. The first-order valence-electron chi connectivity index (χ1n) is 8.68. The lowest BCUT2D eigenvalue weighted by molar-refractivity contribution is -0.00112. The van der Waals surface area contributed by atoms with E-state index in [1.165, 1.54) is 5.56 Å². The summed E-state index contributed by atoms with van der Waals surface area (Å²) in [6.07, 6.45) is -0.0396. The highest BCUT2D eigenvalue weighted by molar-refractivity contribution is 7.13. The first-order valence-corrected chi connectivity index (χ1v) is 9.56. The second-order valence-corrected chi connectivity index (χ2v) is 7.55. The van der Waals surface area contributed by atoms with Crippen LogP contribution < -0.4 is 0 Å². The number of aromatic nitrogens is 5. The van der Waals surface area contributed by atoms with Crippen LogP contribution in [-0.2, 0) is 17.9 Å². The van der Waals surface area contributed by atoms with Gasteiger partial charge in [-0.05, 0) is 36.4 Å². The predicted molar refractivity (Wildman–Crippen MR) is 100 cm³/mol. The van der Waals surface area contributed by atoms with Gasteiger partial charge in [-0.25, -0.2) is 4.68 Å². The van der Waals surface area contributed by atoms with Crippen LogP contribution in [0.3, 0.4) is 0 Å². The molecule has 0 aliphatic carbocycles. The summed E-state index contributed by atoms with van der Waals surface area (Å²) in [6.45, 7) is 5.11. The molecule has 1 aliphatic rings. The maximum Gasteiger partial charge on any atom is 0.268 e. The van der Waals surface area contributed by atoms with Gasteiger partial charge >= 0.3 is 0 Å². The number of fused-ring (bicyclic) bond motifs is 1. The fourth-order valence-electron chi connectivity index (χ4n) is 3.17. The topological polar surface area (TPSA) is 78.9 Å². The van der Waals surface area contributed by atoms with Gasteiger partial charge in [0.1, 0.15) is 6.10 Å². The first-order chi connectivity index (χ1) is 13.2. The van der Waals surface area contributed by atoms with E-state index in [1.54, 1.807) is 11.3 Å². The molecule has 0 radical (unpaired) electrons. The monoisotopic (exact) mass is 379 g/mol. The van der Waals surface area contributed by atoms with Crippen LogP contribution in [-0.4, -0.2) is 25.1 Å². The SMILES string of the molecule is Cc1ccc(C2Cn3nnc(-c4noc(-c5sccc5C)n4)c3CO2)cc1. The average molecular weight is 379 g/mol. The van der Waals surface area contributed by atoms with Gasteiger partial charge < -0.3 is 9.26 Å². The molecule has 7 nitrogen and oxygen atoms in total. The van der Waals surface area contributed by atoms with Crippen molar-refractivity contribution in [3.8, 4) is 22.3 Å². The minimum absolute atomic E-state index is 0.0396. The van der Waals surface area contributed by atoms with E-state index < -0.39 is 0 Å². The standard InChI is InChI=1S/C19H17N5O2S/c1-11-3-5-13(6-4-11)15-9-24-14(10-25-15)16(21-23-24)18-20-19(26-22-18)17-12(2)7-8-27-17/h3-8,15H,9-10H2,1-2H3. The minimum Gasteiger partial charge on any atom is -0.365 e. The van der Waals surface area contributed by atoms with Crippen LogP contribution in [0.5, 0.6) is 0 Å². The Kier molecular flexibility index (Phi) is 3.87. The molecular weight excluding hydrogens is 362 g/mol. The third kappa shape index (κ3) is 2.87. The summed E-state index contributed by atoms with van der Waals surface area (Å²) < 4.78 is 13.4. The van der Waals surface area contributed by atoms with Crippen LogP contribution in [0.25, 0.3) is 22.3 Å². The molecule has 3 aromatic heterocycles. The molecule has 0 N–H and O–H groups in total. The zero-order valence-electron chi connectivity index (χ0n) is 14.9. The van der Waals surface area contributed by atoms with E-state index in [-0.39, 0.29) is 6.10 Å². The lowest BCUT2D eigenvalue weighted by Crippen LogP contribution is -2.22. The molecule has 136 valence electrons. The van der Waals surface area contributed by atoms with Crippen molar-refractivity contribution in [1.29, 1.82) is 0 Å². The molecule has 1 atom stereocenters. The molecule has 1 unspecified atom stereocenters. The molecule has 0 spiro atoms. The molecule has 1 aliphatic heterocycles. The van der Waals surface area contributed by atoms with Gasteiger partial charge in [0.25, 0.3) is 5.89 Å². The minimum atomic E-state index is -0.0396. The maximum absolute atomic E-state index is 6.06. The Labute approximate surface area is 159 Å². The van der Waals surface area contributed by atoms with Crippen LogP contribution in [0, 0.1) is 13.8 Å². The molecule has 0 saturated carbocycles. The quantitative estimate of drug-likeness (QED) is 0.536. The molecular formula is C19H17N5O2S. The van der Waals surface area contributed by atoms with E-state index >= 15 is 0 Å². The summed E-state index contributed by atoms with van der Waals surface area (Å²) in [5.74, 6) is 0.949. The Morgan fingerprint density at radius 2 is 2.00 bits per heavy atom. The molecule has 0 saturated heterocycles. The molecule has 4 heterocycles. The number of rotatable bonds is 3. The molecule has 0 bridgehead atoms. The second kappa shape index (κ2) is 6.40. The second-order valence-electron chi connectivity index (χ2n) is 6.63. The van der Waals surface area contributed by atoms with E-state index in [4.69, 9.17) is 9.26 Å². The van der Waals surface area contributed by atoms with Gasteiger partial charge in [-0.1, -0.05) is 40.2 Å². The molecule has 4 aromatic rings. The number of nitrogens with zero attached hydrogens (tertiary/aromatic N) is 5. The largest absolute Gasteiger partial charge is 0.365 e. The summed E-state index contributed by atoms with van der Waals surface area (Å²) in [6, 6.07) is 10.4. The van der Waals surface area contributed by atoms with Crippen LogP contribution in [0.2, 0.25) is 0 Å². The maximum atomic E-state index is 6.06. The number of hydrogen-bond acceptors (Lipinski definition) is 7. The number of thiophene rings is 1. The Morgan fingerprint density at radius 3 is 2.78 bits per heavy atom. The highest BCUT2D eigenvalue weighted by atomic mass is 32.1. The van der Waals surface area contributed by atoms with Crippen molar-refractivity contribution in [2.45, 2.75) is 33.1 Å². The van der Waals surface area contributed by atoms with Crippen molar-refractivity contribution in [1.82, 2.24) is 25.1 Å². The third-order valence-corrected chi connectivity index (χ3v) is 5.75. The van der Waals surface area contributed by atoms with Gasteiger partial charge in [-0.2, -0.15) is 4.98 Å². The molecule has 8 heteroatoms. The van der Waals surface area contributed by atoms with Crippen LogP contribution in [0.15, 0.2) is 40.2 Å². The fourth-order valence-corrected chi connectivity index (χ4v) is 4.02. The number of aryl methyl sites for hydroxylation is 2. The average Bonchev–Trinajstić information content (AvgIpc) is 3.40. The summed E-state index contributed by atoms with van der Waals surface area (Å²) in [5, 5.41) is 14.7. The first kappa shape index (κ1) is 16.3. The summed E-state index contributed by atoms with van der Waals surface area (Å²) in [4.78, 5) is 5.49. The van der Waals surface area contributed by atoms with Crippen LogP contribution in [0.1, 0.15) is 28.5 Å². The lowest BCUT2D eigenvalue weighted by Gasteiger charge is -2.24. The van der Waals surface area contributed by atoms with E-state index in [0.717, 1.165) is 21.7 Å². The third-order valence-electron chi connectivity index (χ3n) is 4.74. The molecule has 5 rings (SSSR count). The van der Waals surface area contributed by atoms with Gasteiger partial charge in [0, 0.05) is 0 Å². The summed E-state index contributed by atoms with van der Waals surface area (Å²) in [5.41, 5.74) is 4.96. The Balaban J connectivity index is 1.42. The Hall–Kier alpha value is -2.84. The highest BCUT2D eigenvalue weighted by Gasteiger charge is 2.27. The molecule has 0 amide bonds. The summed E-state index contributed by atoms with van der Waals surface area (Å²) in [7, 11) is 0. The van der Waals surface area contributed by atoms with Gasteiger partial charge in [0.05, 0.1) is 23.7 Å². The number of benzene rings is 1. The molecule has 0 fully saturated rings. The molecule has 1 aromatic carbocycles. The van der Waals surface area contributed by atoms with Gasteiger partial charge in [-0.3, -0.25) is 0 Å². The fraction of sp³-hybridized carbons (Fsp3) is 0.263. The van der Waals surface area contributed by atoms with E-state index in [0.29, 0.717) is 30.6 Å². The van der Waals surface area contributed by atoms with Crippen molar-refractivity contribution >= 4 is 11.3 Å². The number of ether oxygens (including phenoxy) is 1. The number of hydrogen-bond donors (Lipinski definition) is 0. The van der Waals surface area contributed by atoms with E-state index in [2.05, 4.69) is 51.6 Å². The van der Waals surface area contributed by atoms with Crippen molar-refractivity contribution in [2.75, 3.05) is 0 Å². The van der Waals surface area contributed by atoms with E-state index in [1.807, 2.05) is 23.1 Å². The van der Waals surface area contributed by atoms with Crippen molar-refractivity contribution in [2.24, 2.45) is 0 Å². The zero-order valence-corrected chi connectivity index (χ0v) is 15.7. The van der Waals surface area contributed by atoms with Crippen molar-refractivity contribution in [3.63, 3.8) is 0 Å². The van der Waals surface area contributed by atoms with E-state index in [9.17, 15) is 0 Å². The summed E-state index contributed by atoms with van der Waals surface area (Å²) >= 11 is 1.58. The highest BCUT2D eigenvalue weighted by Crippen LogP contribution is 2.32. The van der Waals surface area contributed by atoms with Gasteiger partial charge in [0.2, 0.25) is 5.82 Å².